The molecule has 3 rings (SSSR count). The molecular formula is C15H17ClN4O. The number of hydrogen-bond acceptors (Lipinski definition) is 5. The topological polar surface area (TPSA) is 41.5 Å². The predicted molar refractivity (Wildman–Crippen MR) is 84.5 cm³/mol. The Morgan fingerprint density at radius 1 is 1.05 bits per heavy atom. The van der Waals surface area contributed by atoms with E-state index in [1.165, 1.54) is 0 Å². The number of piperazine rings is 1. The molecule has 1 saturated heterocycles. The minimum absolute atomic E-state index is 0.591. The largest absolute Gasteiger partial charge is 0.481 e. The summed E-state index contributed by atoms with van der Waals surface area (Å²) < 4.78 is 5.15. The predicted octanol–water partition coefficient (Wildman–Crippen LogP) is 2.47. The van der Waals surface area contributed by atoms with Gasteiger partial charge >= 0.3 is 0 Å². The molecule has 0 unspecified atom stereocenters. The summed E-state index contributed by atoms with van der Waals surface area (Å²) in [5, 5.41) is 0.795. The van der Waals surface area contributed by atoms with Crippen LogP contribution in [0.25, 0.3) is 0 Å². The van der Waals surface area contributed by atoms with E-state index in [1.54, 1.807) is 19.4 Å². The molecule has 5 nitrogen and oxygen atoms in total. The first kappa shape index (κ1) is 13.9. The SMILES string of the molecule is COc1ccnc(N2CCN(c3ccccc3Cl)CC2)n1. The van der Waals surface area contributed by atoms with Crippen molar-refractivity contribution in [1.82, 2.24) is 9.97 Å². The van der Waals surface area contributed by atoms with Gasteiger partial charge in [-0.15, -0.1) is 0 Å². The maximum atomic E-state index is 6.25. The van der Waals surface area contributed by atoms with Crippen LogP contribution in [0, 0.1) is 0 Å². The van der Waals surface area contributed by atoms with Crippen LogP contribution < -0.4 is 14.5 Å². The zero-order valence-electron chi connectivity index (χ0n) is 11.9. The standard InChI is InChI=1S/C15H17ClN4O/c1-21-14-6-7-17-15(18-14)20-10-8-19(9-11-20)13-5-3-2-4-12(13)16/h2-7H,8-11H2,1H3. The van der Waals surface area contributed by atoms with Gasteiger partial charge in [0.1, 0.15) is 0 Å². The highest BCUT2D eigenvalue weighted by molar-refractivity contribution is 6.33. The van der Waals surface area contributed by atoms with Crippen molar-refractivity contribution in [3.8, 4) is 5.88 Å². The average Bonchev–Trinajstić information content (AvgIpc) is 2.56. The number of nitrogens with zero attached hydrogens (tertiary/aromatic N) is 4. The molecule has 0 aliphatic carbocycles. The van der Waals surface area contributed by atoms with Gasteiger partial charge in [-0.3, -0.25) is 0 Å². The molecule has 1 aromatic heterocycles. The number of benzene rings is 1. The van der Waals surface area contributed by atoms with E-state index in [9.17, 15) is 0 Å². The van der Waals surface area contributed by atoms with Gasteiger partial charge in [-0.1, -0.05) is 23.7 Å². The smallest absolute Gasteiger partial charge is 0.228 e. The van der Waals surface area contributed by atoms with Gasteiger partial charge < -0.3 is 14.5 Å². The lowest BCUT2D eigenvalue weighted by Crippen LogP contribution is -2.47. The minimum Gasteiger partial charge on any atom is -0.481 e. The summed E-state index contributed by atoms with van der Waals surface area (Å²) in [6.07, 6.45) is 1.72. The van der Waals surface area contributed by atoms with E-state index >= 15 is 0 Å². The minimum atomic E-state index is 0.591. The second-order valence-corrected chi connectivity index (χ2v) is 5.23. The van der Waals surface area contributed by atoms with Crippen LogP contribution in [0.15, 0.2) is 36.5 Å². The van der Waals surface area contributed by atoms with E-state index in [2.05, 4.69) is 25.8 Å². The molecule has 6 heteroatoms. The summed E-state index contributed by atoms with van der Waals surface area (Å²) in [7, 11) is 1.61. The van der Waals surface area contributed by atoms with Crippen molar-refractivity contribution >= 4 is 23.2 Å². The van der Waals surface area contributed by atoms with Crippen LogP contribution in [0.4, 0.5) is 11.6 Å². The molecule has 1 aliphatic heterocycles. The quantitative estimate of drug-likeness (QED) is 0.871. The van der Waals surface area contributed by atoms with Crippen LogP contribution in [0.2, 0.25) is 5.02 Å². The zero-order valence-corrected chi connectivity index (χ0v) is 12.6. The molecule has 2 aromatic rings. The first-order chi connectivity index (χ1) is 10.3. The van der Waals surface area contributed by atoms with Crippen LogP contribution in [0.3, 0.4) is 0 Å². The Labute approximate surface area is 129 Å². The van der Waals surface area contributed by atoms with Crippen LogP contribution >= 0.6 is 11.6 Å². The van der Waals surface area contributed by atoms with Gasteiger partial charge in [-0.05, 0) is 12.1 Å². The molecule has 0 amide bonds. The molecule has 110 valence electrons. The molecule has 0 spiro atoms. The number of para-hydroxylation sites is 1. The third-order valence-corrected chi connectivity index (χ3v) is 3.90. The summed E-state index contributed by atoms with van der Waals surface area (Å²) in [6.45, 7) is 3.51. The summed E-state index contributed by atoms with van der Waals surface area (Å²) in [5.41, 5.74) is 1.09. The molecule has 21 heavy (non-hydrogen) atoms. The maximum absolute atomic E-state index is 6.25. The molecule has 0 radical (unpaired) electrons. The third-order valence-electron chi connectivity index (χ3n) is 3.58. The van der Waals surface area contributed by atoms with Crippen molar-refractivity contribution in [3.63, 3.8) is 0 Å². The Kier molecular flexibility index (Phi) is 4.10. The van der Waals surface area contributed by atoms with Crippen molar-refractivity contribution < 1.29 is 4.74 Å². The summed E-state index contributed by atoms with van der Waals surface area (Å²) in [6, 6.07) is 9.70. The van der Waals surface area contributed by atoms with Crippen LogP contribution in [0.5, 0.6) is 5.88 Å². The van der Waals surface area contributed by atoms with Gasteiger partial charge in [-0.2, -0.15) is 4.98 Å². The fourth-order valence-electron chi connectivity index (χ4n) is 2.45. The lowest BCUT2D eigenvalue weighted by Gasteiger charge is -2.36. The molecule has 1 aliphatic rings. The number of ether oxygens (including phenoxy) is 1. The molecule has 1 fully saturated rings. The van der Waals surface area contributed by atoms with Gasteiger partial charge in [0, 0.05) is 38.4 Å². The molecule has 1 aromatic carbocycles. The molecule has 0 bridgehead atoms. The second kappa shape index (κ2) is 6.18. The number of anilines is 2. The van der Waals surface area contributed by atoms with E-state index < -0.39 is 0 Å². The lowest BCUT2D eigenvalue weighted by atomic mass is 10.2. The number of methoxy groups -OCH3 is 1. The summed E-state index contributed by atoms with van der Waals surface area (Å²) >= 11 is 6.25. The number of halogens is 1. The fraction of sp³-hybridized carbons (Fsp3) is 0.333. The van der Waals surface area contributed by atoms with E-state index in [-0.39, 0.29) is 0 Å². The summed E-state index contributed by atoms with van der Waals surface area (Å²) in [4.78, 5) is 13.1. The first-order valence-electron chi connectivity index (χ1n) is 6.89. The number of rotatable bonds is 3. The second-order valence-electron chi connectivity index (χ2n) is 4.82. The van der Waals surface area contributed by atoms with E-state index in [1.807, 2.05) is 18.2 Å². The Hall–Kier alpha value is -2.01. The number of aromatic nitrogens is 2. The van der Waals surface area contributed by atoms with E-state index in [4.69, 9.17) is 16.3 Å². The Morgan fingerprint density at radius 3 is 2.48 bits per heavy atom. The van der Waals surface area contributed by atoms with Gasteiger partial charge in [0.15, 0.2) is 0 Å². The van der Waals surface area contributed by atoms with Gasteiger partial charge in [-0.25, -0.2) is 4.98 Å². The molecule has 0 saturated carbocycles. The third kappa shape index (κ3) is 3.03. The molecule has 0 atom stereocenters. The van der Waals surface area contributed by atoms with Crippen molar-refractivity contribution in [3.05, 3.63) is 41.6 Å². The van der Waals surface area contributed by atoms with Crippen molar-refractivity contribution in [2.24, 2.45) is 0 Å². The van der Waals surface area contributed by atoms with Crippen LogP contribution in [0.1, 0.15) is 0 Å². The first-order valence-corrected chi connectivity index (χ1v) is 7.27. The highest BCUT2D eigenvalue weighted by Crippen LogP contribution is 2.26. The fourth-order valence-corrected chi connectivity index (χ4v) is 2.71. The Balaban J connectivity index is 1.69. The van der Waals surface area contributed by atoms with Gasteiger partial charge in [0.05, 0.1) is 17.8 Å². The monoisotopic (exact) mass is 304 g/mol. The normalized spacial score (nSPS) is 15.1. The van der Waals surface area contributed by atoms with Crippen molar-refractivity contribution in [1.29, 1.82) is 0 Å². The highest BCUT2D eigenvalue weighted by atomic mass is 35.5. The summed E-state index contributed by atoms with van der Waals surface area (Å²) in [5.74, 6) is 1.31. The Morgan fingerprint density at radius 2 is 1.76 bits per heavy atom. The zero-order chi connectivity index (χ0) is 14.7. The maximum Gasteiger partial charge on any atom is 0.228 e. The average molecular weight is 305 g/mol. The Bertz CT molecular complexity index is 614. The molecular weight excluding hydrogens is 288 g/mol. The molecule has 2 heterocycles. The highest BCUT2D eigenvalue weighted by Gasteiger charge is 2.20. The van der Waals surface area contributed by atoms with Crippen LogP contribution in [-0.2, 0) is 0 Å². The van der Waals surface area contributed by atoms with E-state index in [0.717, 1.165) is 36.9 Å². The number of hydrogen-bond donors (Lipinski definition) is 0. The van der Waals surface area contributed by atoms with Crippen LogP contribution in [-0.4, -0.2) is 43.3 Å². The van der Waals surface area contributed by atoms with Crippen molar-refractivity contribution in [2.45, 2.75) is 0 Å². The lowest BCUT2D eigenvalue weighted by molar-refractivity contribution is 0.396. The van der Waals surface area contributed by atoms with Gasteiger partial charge in [0.25, 0.3) is 0 Å². The van der Waals surface area contributed by atoms with E-state index in [0.29, 0.717) is 11.8 Å². The van der Waals surface area contributed by atoms with Crippen molar-refractivity contribution in [2.75, 3.05) is 43.1 Å². The molecule has 0 N–H and O–H groups in total. The van der Waals surface area contributed by atoms with Gasteiger partial charge in [0.2, 0.25) is 11.8 Å².